The largest absolute Gasteiger partial charge is 0.317 e. The summed E-state index contributed by atoms with van der Waals surface area (Å²) in [7, 11) is 0. The maximum absolute atomic E-state index is 13.2. The molecule has 0 aliphatic rings. The first-order valence-electron chi connectivity index (χ1n) is 5.28. The van der Waals surface area contributed by atoms with Gasteiger partial charge in [0, 0.05) is 0 Å². The molecule has 1 rings (SSSR count). The third-order valence-corrected chi connectivity index (χ3v) is 3.23. The Morgan fingerprint density at radius 3 is 2.87 bits per heavy atom. The fourth-order valence-corrected chi connectivity index (χ4v) is 1.97. The normalized spacial score (nSPS) is 12.8. The fraction of sp³-hybridized carbons (Fsp3) is 0.500. The summed E-state index contributed by atoms with van der Waals surface area (Å²) in [5.41, 5.74) is 1.04. The average molecular weight is 274 g/mol. The van der Waals surface area contributed by atoms with E-state index in [1.54, 1.807) is 6.07 Å². The molecule has 0 saturated carbocycles. The lowest BCUT2D eigenvalue weighted by atomic mass is 10.0. The topological polar surface area (TPSA) is 12.0 Å². The Labute approximate surface area is 99.2 Å². The van der Waals surface area contributed by atoms with Crippen LogP contribution in [0.4, 0.5) is 4.39 Å². The van der Waals surface area contributed by atoms with Crippen molar-refractivity contribution in [2.75, 3.05) is 13.1 Å². The second kappa shape index (κ2) is 6.23. The van der Waals surface area contributed by atoms with Crippen molar-refractivity contribution >= 4 is 15.9 Å². The van der Waals surface area contributed by atoms with Crippen LogP contribution in [-0.2, 0) is 6.42 Å². The Morgan fingerprint density at radius 2 is 2.20 bits per heavy atom. The van der Waals surface area contributed by atoms with Crippen LogP contribution in [0.3, 0.4) is 0 Å². The van der Waals surface area contributed by atoms with E-state index in [2.05, 4.69) is 35.1 Å². The third-order valence-electron chi connectivity index (χ3n) is 2.34. The SMILES string of the molecule is CCNCC(C)Cc1cccc(F)c1Br. The number of benzene rings is 1. The average Bonchev–Trinajstić information content (AvgIpc) is 2.22. The van der Waals surface area contributed by atoms with Gasteiger partial charge in [0.1, 0.15) is 5.82 Å². The van der Waals surface area contributed by atoms with Gasteiger partial charge in [0.05, 0.1) is 4.47 Å². The molecule has 0 heterocycles. The molecule has 0 bridgehead atoms. The summed E-state index contributed by atoms with van der Waals surface area (Å²) in [6, 6.07) is 5.20. The van der Waals surface area contributed by atoms with Crippen LogP contribution < -0.4 is 5.32 Å². The van der Waals surface area contributed by atoms with E-state index in [-0.39, 0.29) is 5.82 Å². The molecule has 1 aromatic rings. The van der Waals surface area contributed by atoms with Crippen LogP contribution in [0.1, 0.15) is 19.4 Å². The number of rotatable bonds is 5. The van der Waals surface area contributed by atoms with Gasteiger partial charge < -0.3 is 5.32 Å². The van der Waals surface area contributed by atoms with E-state index in [9.17, 15) is 4.39 Å². The van der Waals surface area contributed by atoms with Crippen LogP contribution in [0.5, 0.6) is 0 Å². The molecular weight excluding hydrogens is 257 g/mol. The third kappa shape index (κ3) is 3.92. The van der Waals surface area contributed by atoms with Crippen LogP contribution in [0, 0.1) is 11.7 Å². The zero-order valence-corrected chi connectivity index (χ0v) is 10.8. The zero-order chi connectivity index (χ0) is 11.3. The van der Waals surface area contributed by atoms with Gasteiger partial charge >= 0.3 is 0 Å². The lowest BCUT2D eigenvalue weighted by molar-refractivity contribution is 0.518. The van der Waals surface area contributed by atoms with Crippen molar-refractivity contribution < 1.29 is 4.39 Å². The van der Waals surface area contributed by atoms with Gasteiger partial charge in [-0.25, -0.2) is 4.39 Å². The minimum Gasteiger partial charge on any atom is -0.317 e. The second-order valence-corrected chi connectivity index (χ2v) is 4.62. The summed E-state index contributed by atoms with van der Waals surface area (Å²) in [6.07, 6.45) is 0.894. The molecule has 0 fully saturated rings. The van der Waals surface area contributed by atoms with Gasteiger partial charge in [-0.15, -0.1) is 0 Å². The van der Waals surface area contributed by atoms with Crippen molar-refractivity contribution in [1.29, 1.82) is 0 Å². The molecule has 1 N–H and O–H groups in total. The van der Waals surface area contributed by atoms with Gasteiger partial charge in [-0.3, -0.25) is 0 Å². The molecule has 0 aromatic heterocycles. The van der Waals surface area contributed by atoms with Crippen molar-refractivity contribution in [3.63, 3.8) is 0 Å². The number of nitrogens with one attached hydrogen (secondary N) is 1. The maximum atomic E-state index is 13.2. The molecule has 0 aliphatic heterocycles. The van der Waals surface area contributed by atoms with Crippen molar-refractivity contribution in [2.45, 2.75) is 20.3 Å². The van der Waals surface area contributed by atoms with Crippen molar-refractivity contribution in [2.24, 2.45) is 5.92 Å². The highest BCUT2D eigenvalue weighted by Gasteiger charge is 2.08. The van der Waals surface area contributed by atoms with E-state index < -0.39 is 0 Å². The lowest BCUT2D eigenvalue weighted by Gasteiger charge is -2.13. The summed E-state index contributed by atoms with van der Waals surface area (Å²) < 4.78 is 13.8. The van der Waals surface area contributed by atoms with E-state index in [0.29, 0.717) is 10.4 Å². The number of hydrogen-bond donors (Lipinski definition) is 1. The summed E-state index contributed by atoms with van der Waals surface area (Å²) in [6.45, 7) is 6.21. The van der Waals surface area contributed by atoms with E-state index in [1.807, 2.05) is 6.07 Å². The summed E-state index contributed by atoms with van der Waals surface area (Å²) in [5.74, 6) is 0.339. The predicted octanol–water partition coefficient (Wildman–Crippen LogP) is 3.38. The maximum Gasteiger partial charge on any atom is 0.137 e. The van der Waals surface area contributed by atoms with E-state index in [4.69, 9.17) is 0 Å². The minimum atomic E-state index is -0.178. The fourth-order valence-electron chi connectivity index (χ4n) is 1.54. The first-order chi connectivity index (χ1) is 7.15. The van der Waals surface area contributed by atoms with Crippen LogP contribution in [-0.4, -0.2) is 13.1 Å². The van der Waals surface area contributed by atoms with Crippen LogP contribution in [0.25, 0.3) is 0 Å². The number of hydrogen-bond acceptors (Lipinski definition) is 1. The quantitative estimate of drug-likeness (QED) is 0.868. The molecule has 0 aliphatic carbocycles. The second-order valence-electron chi connectivity index (χ2n) is 3.83. The van der Waals surface area contributed by atoms with Crippen molar-refractivity contribution in [3.05, 3.63) is 34.1 Å². The minimum absolute atomic E-state index is 0.178. The highest BCUT2D eigenvalue weighted by atomic mass is 79.9. The Balaban J connectivity index is 2.60. The van der Waals surface area contributed by atoms with Gasteiger partial charge in [-0.2, -0.15) is 0 Å². The molecule has 84 valence electrons. The molecule has 0 radical (unpaired) electrons. The van der Waals surface area contributed by atoms with Gasteiger partial charge in [0.25, 0.3) is 0 Å². The van der Waals surface area contributed by atoms with Gasteiger partial charge in [-0.1, -0.05) is 26.0 Å². The molecule has 1 atom stereocenters. The molecule has 3 heteroatoms. The molecule has 0 spiro atoms. The predicted molar refractivity (Wildman–Crippen MR) is 65.5 cm³/mol. The molecule has 1 nitrogen and oxygen atoms in total. The molecule has 0 amide bonds. The van der Waals surface area contributed by atoms with E-state index in [1.165, 1.54) is 6.07 Å². The smallest absolute Gasteiger partial charge is 0.137 e. The Hall–Kier alpha value is -0.410. The molecule has 1 aromatic carbocycles. The zero-order valence-electron chi connectivity index (χ0n) is 9.19. The van der Waals surface area contributed by atoms with E-state index >= 15 is 0 Å². The molecular formula is C12H17BrFN. The lowest BCUT2D eigenvalue weighted by Crippen LogP contribution is -2.22. The highest BCUT2D eigenvalue weighted by Crippen LogP contribution is 2.22. The monoisotopic (exact) mass is 273 g/mol. The Bertz CT molecular complexity index is 314. The molecule has 0 saturated heterocycles. The summed E-state index contributed by atoms with van der Waals surface area (Å²) >= 11 is 3.28. The van der Waals surface area contributed by atoms with Crippen LogP contribution >= 0.6 is 15.9 Å². The van der Waals surface area contributed by atoms with E-state index in [0.717, 1.165) is 25.1 Å². The van der Waals surface area contributed by atoms with Crippen molar-refractivity contribution in [1.82, 2.24) is 5.32 Å². The number of halogens is 2. The van der Waals surface area contributed by atoms with Gasteiger partial charge in [0.15, 0.2) is 0 Å². The van der Waals surface area contributed by atoms with Gasteiger partial charge in [0.2, 0.25) is 0 Å². The van der Waals surface area contributed by atoms with Crippen LogP contribution in [0.15, 0.2) is 22.7 Å². The summed E-state index contributed by atoms with van der Waals surface area (Å²) in [4.78, 5) is 0. The Morgan fingerprint density at radius 1 is 1.47 bits per heavy atom. The highest BCUT2D eigenvalue weighted by molar-refractivity contribution is 9.10. The van der Waals surface area contributed by atoms with Gasteiger partial charge in [-0.05, 0) is 53.0 Å². The summed E-state index contributed by atoms with van der Waals surface area (Å²) in [5, 5.41) is 3.29. The molecule has 1 unspecified atom stereocenters. The first-order valence-corrected chi connectivity index (χ1v) is 6.08. The van der Waals surface area contributed by atoms with Crippen LogP contribution in [0.2, 0.25) is 0 Å². The first kappa shape index (κ1) is 12.7. The standard InChI is InChI=1S/C12H17BrFN/c1-3-15-8-9(2)7-10-5-4-6-11(14)12(10)13/h4-6,9,15H,3,7-8H2,1-2H3. The molecule has 15 heavy (non-hydrogen) atoms. The van der Waals surface area contributed by atoms with Crippen molar-refractivity contribution in [3.8, 4) is 0 Å². The Kier molecular flexibility index (Phi) is 5.26.